The van der Waals surface area contributed by atoms with Crippen LogP contribution in [0.4, 0.5) is 0 Å². The third kappa shape index (κ3) is 6.97. The predicted molar refractivity (Wildman–Crippen MR) is 124 cm³/mol. The number of nitrogens with zero attached hydrogens (tertiary/aromatic N) is 2. The molecule has 0 saturated carbocycles. The van der Waals surface area contributed by atoms with Gasteiger partial charge in [0.1, 0.15) is 12.4 Å². The summed E-state index contributed by atoms with van der Waals surface area (Å²) in [5.74, 6) is 1.99. The highest BCUT2D eigenvalue weighted by Crippen LogP contribution is 2.23. The number of benzene rings is 2. The summed E-state index contributed by atoms with van der Waals surface area (Å²) in [6.45, 7) is 5.75. The molecule has 168 valence electrons. The van der Waals surface area contributed by atoms with E-state index in [1.54, 1.807) is 28.6 Å². The van der Waals surface area contributed by atoms with E-state index in [1.807, 2.05) is 43.3 Å². The molecule has 1 saturated heterocycles. The molecule has 1 heterocycles. The van der Waals surface area contributed by atoms with Crippen LogP contribution in [0.15, 0.2) is 70.6 Å². The average molecular weight is 445 g/mol. The number of guanidine groups is 1. The standard InChI is InChI=1S/C23H32N4O3S/c1-2-24-23(25-15-18-30-21-9-5-3-6-10-21)26-19-20-13-16-27(17-14-20)31(28,29)22-11-7-4-8-12-22/h3-12,20H,2,13-19H2,1H3,(H2,24,25,26). The molecule has 1 aliphatic rings. The van der Waals surface area contributed by atoms with Gasteiger partial charge in [-0.3, -0.25) is 4.99 Å². The molecule has 1 fully saturated rings. The minimum Gasteiger partial charge on any atom is -0.492 e. The van der Waals surface area contributed by atoms with Gasteiger partial charge in [-0.2, -0.15) is 4.31 Å². The molecule has 2 aromatic carbocycles. The van der Waals surface area contributed by atoms with Crippen LogP contribution in [-0.2, 0) is 10.0 Å². The van der Waals surface area contributed by atoms with E-state index in [2.05, 4.69) is 10.6 Å². The zero-order chi connectivity index (χ0) is 21.9. The van der Waals surface area contributed by atoms with Crippen LogP contribution < -0.4 is 15.4 Å². The van der Waals surface area contributed by atoms with Gasteiger partial charge in [-0.15, -0.1) is 0 Å². The molecule has 3 rings (SSSR count). The molecular weight excluding hydrogens is 412 g/mol. The number of hydrogen-bond donors (Lipinski definition) is 2. The van der Waals surface area contributed by atoms with Crippen LogP contribution in [0.25, 0.3) is 0 Å². The minimum atomic E-state index is -3.40. The molecule has 7 nitrogen and oxygen atoms in total. The maximum atomic E-state index is 12.8. The molecule has 0 bridgehead atoms. The zero-order valence-electron chi connectivity index (χ0n) is 18.0. The van der Waals surface area contributed by atoms with E-state index < -0.39 is 10.0 Å². The molecule has 1 aliphatic heterocycles. The smallest absolute Gasteiger partial charge is 0.243 e. The van der Waals surface area contributed by atoms with Crippen LogP contribution in [0.5, 0.6) is 5.75 Å². The molecule has 2 N–H and O–H groups in total. The number of aliphatic imine (C=N–C) groups is 1. The predicted octanol–water partition coefficient (Wildman–Crippen LogP) is 2.72. The minimum absolute atomic E-state index is 0.364. The first-order chi connectivity index (χ1) is 15.1. The van der Waals surface area contributed by atoms with Gasteiger partial charge >= 0.3 is 0 Å². The van der Waals surface area contributed by atoms with Gasteiger partial charge in [0.2, 0.25) is 10.0 Å². The Balaban J connectivity index is 1.44. The SMILES string of the molecule is CCNC(=NCC1CCN(S(=O)(=O)c2ccccc2)CC1)NCCOc1ccccc1. The summed E-state index contributed by atoms with van der Waals surface area (Å²) in [7, 11) is -3.40. The van der Waals surface area contributed by atoms with Crippen LogP contribution in [-0.4, -0.2) is 58.0 Å². The quantitative estimate of drug-likeness (QED) is 0.353. The number of piperidine rings is 1. The number of nitrogens with one attached hydrogen (secondary N) is 2. The van der Waals surface area contributed by atoms with Crippen molar-refractivity contribution in [3.05, 3.63) is 60.7 Å². The van der Waals surface area contributed by atoms with E-state index in [0.29, 0.717) is 43.6 Å². The van der Waals surface area contributed by atoms with E-state index in [-0.39, 0.29) is 0 Å². The van der Waals surface area contributed by atoms with Gasteiger partial charge in [0.15, 0.2) is 5.96 Å². The normalized spacial score (nSPS) is 16.1. The van der Waals surface area contributed by atoms with Crippen molar-refractivity contribution >= 4 is 16.0 Å². The third-order valence-electron chi connectivity index (χ3n) is 5.21. The fourth-order valence-electron chi connectivity index (χ4n) is 3.49. The van der Waals surface area contributed by atoms with Gasteiger partial charge < -0.3 is 15.4 Å². The summed E-state index contributed by atoms with van der Waals surface area (Å²) < 4.78 is 32.8. The molecule has 31 heavy (non-hydrogen) atoms. The van der Waals surface area contributed by atoms with Gasteiger partial charge in [-0.1, -0.05) is 36.4 Å². The second kappa shape index (κ2) is 11.7. The lowest BCUT2D eigenvalue weighted by atomic mass is 9.98. The molecule has 0 aromatic heterocycles. The van der Waals surface area contributed by atoms with E-state index in [4.69, 9.17) is 9.73 Å². The topological polar surface area (TPSA) is 83.0 Å². The number of para-hydroxylation sites is 1. The summed E-state index contributed by atoms with van der Waals surface area (Å²) in [6.07, 6.45) is 1.62. The van der Waals surface area contributed by atoms with Gasteiger partial charge in [-0.25, -0.2) is 8.42 Å². The van der Waals surface area contributed by atoms with Crippen LogP contribution in [0.2, 0.25) is 0 Å². The highest BCUT2D eigenvalue weighted by Gasteiger charge is 2.29. The number of hydrogen-bond acceptors (Lipinski definition) is 4. The molecule has 0 atom stereocenters. The fourth-order valence-corrected chi connectivity index (χ4v) is 4.98. The Morgan fingerprint density at radius 2 is 1.68 bits per heavy atom. The first kappa shape index (κ1) is 23.1. The van der Waals surface area contributed by atoms with Crippen molar-refractivity contribution in [2.45, 2.75) is 24.7 Å². The van der Waals surface area contributed by atoms with E-state index >= 15 is 0 Å². The second-order valence-corrected chi connectivity index (χ2v) is 9.41. The number of ether oxygens (including phenoxy) is 1. The van der Waals surface area contributed by atoms with E-state index in [1.165, 1.54) is 0 Å². The lowest BCUT2D eigenvalue weighted by Crippen LogP contribution is -2.41. The molecule has 0 unspecified atom stereocenters. The van der Waals surface area contributed by atoms with Crippen LogP contribution in [0, 0.1) is 5.92 Å². The molecule has 2 aromatic rings. The Hall–Kier alpha value is -2.58. The zero-order valence-corrected chi connectivity index (χ0v) is 18.9. The molecule has 0 radical (unpaired) electrons. The van der Waals surface area contributed by atoms with Gasteiger partial charge in [0, 0.05) is 26.2 Å². The third-order valence-corrected chi connectivity index (χ3v) is 7.13. The van der Waals surface area contributed by atoms with Crippen molar-refractivity contribution in [1.82, 2.24) is 14.9 Å². The number of rotatable bonds is 9. The van der Waals surface area contributed by atoms with Crippen molar-refractivity contribution < 1.29 is 13.2 Å². The fraction of sp³-hybridized carbons (Fsp3) is 0.435. The Labute approximate surface area is 185 Å². The monoisotopic (exact) mass is 444 g/mol. The summed E-state index contributed by atoms with van der Waals surface area (Å²) >= 11 is 0. The van der Waals surface area contributed by atoms with E-state index in [0.717, 1.165) is 31.1 Å². The Kier molecular flexibility index (Phi) is 8.73. The van der Waals surface area contributed by atoms with Gasteiger partial charge in [0.25, 0.3) is 0 Å². The second-order valence-electron chi connectivity index (χ2n) is 7.47. The molecule has 0 aliphatic carbocycles. The first-order valence-electron chi connectivity index (χ1n) is 10.8. The highest BCUT2D eigenvalue weighted by molar-refractivity contribution is 7.89. The van der Waals surface area contributed by atoms with Crippen molar-refractivity contribution in [3.8, 4) is 5.75 Å². The number of sulfonamides is 1. The Morgan fingerprint density at radius 1 is 1.03 bits per heavy atom. The lowest BCUT2D eigenvalue weighted by Gasteiger charge is -2.30. The first-order valence-corrected chi connectivity index (χ1v) is 12.3. The Morgan fingerprint density at radius 3 is 2.32 bits per heavy atom. The summed E-state index contributed by atoms with van der Waals surface area (Å²) in [5.41, 5.74) is 0. The van der Waals surface area contributed by atoms with Crippen LogP contribution >= 0.6 is 0 Å². The van der Waals surface area contributed by atoms with Crippen LogP contribution in [0.1, 0.15) is 19.8 Å². The van der Waals surface area contributed by atoms with Gasteiger partial charge in [-0.05, 0) is 49.9 Å². The average Bonchev–Trinajstić information content (AvgIpc) is 2.81. The molecular formula is C23H32N4O3S. The van der Waals surface area contributed by atoms with Crippen molar-refractivity contribution in [2.75, 3.05) is 39.3 Å². The maximum absolute atomic E-state index is 12.8. The van der Waals surface area contributed by atoms with Crippen LogP contribution in [0.3, 0.4) is 0 Å². The Bertz CT molecular complexity index is 912. The largest absolute Gasteiger partial charge is 0.492 e. The van der Waals surface area contributed by atoms with Crippen molar-refractivity contribution in [3.63, 3.8) is 0 Å². The molecule has 8 heteroatoms. The summed E-state index contributed by atoms with van der Waals surface area (Å²) in [4.78, 5) is 5.06. The molecule has 0 amide bonds. The van der Waals surface area contributed by atoms with Crippen molar-refractivity contribution in [2.24, 2.45) is 10.9 Å². The van der Waals surface area contributed by atoms with Crippen molar-refractivity contribution in [1.29, 1.82) is 0 Å². The molecule has 0 spiro atoms. The highest BCUT2D eigenvalue weighted by atomic mass is 32.2. The maximum Gasteiger partial charge on any atom is 0.243 e. The van der Waals surface area contributed by atoms with Gasteiger partial charge in [0.05, 0.1) is 11.4 Å². The summed E-state index contributed by atoms with van der Waals surface area (Å²) in [6, 6.07) is 18.4. The lowest BCUT2D eigenvalue weighted by molar-refractivity contribution is 0.278. The van der Waals surface area contributed by atoms with E-state index in [9.17, 15) is 8.42 Å². The summed E-state index contributed by atoms with van der Waals surface area (Å²) in [5, 5.41) is 6.55.